The van der Waals surface area contributed by atoms with Crippen molar-refractivity contribution in [3.8, 4) is 0 Å². The van der Waals surface area contributed by atoms with Gasteiger partial charge in [0.2, 0.25) is 0 Å². The van der Waals surface area contributed by atoms with E-state index in [2.05, 4.69) is 6.58 Å². The highest BCUT2D eigenvalue weighted by atomic mass is 16.6. The minimum atomic E-state index is -1.34. The van der Waals surface area contributed by atoms with Crippen molar-refractivity contribution < 1.29 is 14.3 Å². The summed E-state index contributed by atoms with van der Waals surface area (Å²) in [6, 6.07) is 38.5. The maximum Gasteiger partial charge on any atom is 0.314 e. The molecule has 188 valence electrons. The summed E-state index contributed by atoms with van der Waals surface area (Å²) in [5, 5.41) is 0. The fraction of sp³-hybridized carbons (Fsp3) is 0.143. The first kappa shape index (κ1) is 25.2. The van der Waals surface area contributed by atoms with Crippen molar-refractivity contribution in [3.05, 3.63) is 162 Å². The molecule has 0 aromatic heterocycles. The second-order valence-electron chi connectivity index (χ2n) is 9.79. The third-order valence-corrected chi connectivity index (χ3v) is 7.31. The van der Waals surface area contributed by atoms with E-state index < -0.39 is 23.4 Å². The molecule has 0 spiro atoms. The van der Waals surface area contributed by atoms with Crippen molar-refractivity contribution in [2.75, 3.05) is 0 Å². The topological polar surface area (TPSA) is 43.4 Å². The molecule has 1 saturated heterocycles. The number of esters is 1. The fourth-order valence-electron chi connectivity index (χ4n) is 5.56. The SMILES string of the molecule is C=C(C)C1C(=O)OC(/C=C/c2ccccc2)(c2ccccc2)C(C(=O)c2ccccc2)C1c1ccccc1. The summed E-state index contributed by atoms with van der Waals surface area (Å²) in [5.41, 5.74) is 2.50. The lowest BCUT2D eigenvalue weighted by Crippen LogP contribution is -2.53. The lowest BCUT2D eigenvalue weighted by atomic mass is 9.61. The Bertz CT molecular complexity index is 1440. The Labute approximate surface area is 224 Å². The van der Waals surface area contributed by atoms with Gasteiger partial charge in [0.15, 0.2) is 11.4 Å². The highest BCUT2D eigenvalue weighted by Gasteiger charge is 2.58. The van der Waals surface area contributed by atoms with Crippen molar-refractivity contribution in [1.29, 1.82) is 0 Å². The Morgan fingerprint density at radius 3 is 1.89 bits per heavy atom. The number of cyclic esters (lactones) is 1. The van der Waals surface area contributed by atoms with Crippen LogP contribution < -0.4 is 0 Å². The molecule has 0 aliphatic carbocycles. The van der Waals surface area contributed by atoms with E-state index in [0.717, 1.165) is 16.7 Å². The summed E-state index contributed by atoms with van der Waals surface area (Å²) >= 11 is 0. The van der Waals surface area contributed by atoms with Gasteiger partial charge in [0, 0.05) is 17.0 Å². The summed E-state index contributed by atoms with van der Waals surface area (Å²) in [4.78, 5) is 28.5. The van der Waals surface area contributed by atoms with Crippen LogP contribution >= 0.6 is 0 Å². The number of carbonyl (C=O) groups excluding carboxylic acids is 2. The van der Waals surface area contributed by atoms with E-state index in [4.69, 9.17) is 4.74 Å². The Kier molecular flexibility index (Phi) is 7.19. The molecule has 0 radical (unpaired) electrons. The first-order valence-electron chi connectivity index (χ1n) is 12.8. The van der Waals surface area contributed by atoms with Crippen LogP contribution in [0, 0.1) is 11.8 Å². The molecular formula is C35H30O3. The highest BCUT2D eigenvalue weighted by molar-refractivity contribution is 6.01. The Morgan fingerprint density at radius 2 is 1.32 bits per heavy atom. The van der Waals surface area contributed by atoms with Gasteiger partial charge in [-0.15, -0.1) is 0 Å². The summed E-state index contributed by atoms with van der Waals surface area (Å²) in [7, 11) is 0. The van der Waals surface area contributed by atoms with Gasteiger partial charge in [0.05, 0.1) is 11.8 Å². The van der Waals surface area contributed by atoms with Gasteiger partial charge in [0.1, 0.15) is 0 Å². The van der Waals surface area contributed by atoms with Gasteiger partial charge >= 0.3 is 5.97 Å². The normalized spacial score (nSPS) is 23.1. The maximum absolute atomic E-state index is 14.6. The van der Waals surface area contributed by atoms with Crippen LogP contribution in [0.5, 0.6) is 0 Å². The van der Waals surface area contributed by atoms with Crippen molar-refractivity contribution in [2.24, 2.45) is 11.8 Å². The molecule has 3 nitrogen and oxygen atoms in total. The van der Waals surface area contributed by atoms with Crippen molar-refractivity contribution in [1.82, 2.24) is 0 Å². The molecule has 4 atom stereocenters. The first-order chi connectivity index (χ1) is 18.5. The summed E-state index contributed by atoms with van der Waals surface area (Å²) in [6.07, 6.45) is 3.83. The first-order valence-corrected chi connectivity index (χ1v) is 12.8. The third-order valence-electron chi connectivity index (χ3n) is 7.31. The predicted molar refractivity (Wildman–Crippen MR) is 151 cm³/mol. The van der Waals surface area contributed by atoms with Gasteiger partial charge in [-0.3, -0.25) is 9.59 Å². The summed E-state index contributed by atoms with van der Waals surface area (Å²) in [5.74, 6) is -2.36. The molecule has 4 unspecified atom stereocenters. The minimum absolute atomic E-state index is 0.0835. The van der Waals surface area contributed by atoms with Crippen LogP contribution in [0.1, 0.15) is 39.9 Å². The number of hydrogen-bond acceptors (Lipinski definition) is 3. The number of ether oxygens (including phenoxy) is 1. The monoisotopic (exact) mass is 498 g/mol. The Balaban J connectivity index is 1.81. The molecule has 0 N–H and O–H groups in total. The highest BCUT2D eigenvalue weighted by Crippen LogP contribution is 2.53. The Hall–Kier alpha value is -4.50. The van der Waals surface area contributed by atoms with Gasteiger partial charge in [0.25, 0.3) is 0 Å². The molecule has 4 aromatic rings. The molecule has 0 saturated carbocycles. The lowest BCUT2D eigenvalue weighted by Gasteiger charge is -2.48. The maximum atomic E-state index is 14.6. The van der Waals surface area contributed by atoms with Crippen LogP contribution in [0.4, 0.5) is 0 Å². The number of ketones is 1. The number of benzene rings is 4. The predicted octanol–water partition coefficient (Wildman–Crippen LogP) is 7.63. The molecule has 0 bridgehead atoms. The van der Waals surface area contributed by atoms with Gasteiger partial charge in [-0.25, -0.2) is 0 Å². The molecule has 4 aromatic carbocycles. The van der Waals surface area contributed by atoms with Gasteiger partial charge in [-0.05, 0) is 24.1 Å². The van der Waals surface area contributed by atoms with Gasteiger partial charge < -0.3 is 4.74 Å². The van der Waals surface area contributed by atoms with E-state index in [1.54, 1.807) is 0 Å². The molecule has 0 amide bonds. The van der Waals surface area contributed by atoms with Crippen molar-refractivity contribution in [3.63, 3.8) is 0 Å². The lowest BCUT2D eigenvalue weighted by molar-refractivity contribution is -0.175. The van der Waals surface area contributed by atoms with E-state index in [1.165, 1.54) is 0 Å². The zero-order chi connectivity index (χ0) is 26.5. The van der Waals surface area contributed by atoms with Crippen LogP contribution in [0.3, 0.4) is 0 Å². The number of Topliss-reactive ketones (excluding diaryl/α,β-unsaturated/α-hetero) is 1. The number of hydrogen-bond donors (Lipinski definition) is 0. The van der Waals surface area contributed by atoms with E-state index in [1.807, 2.05) is 140 Å². The number of carbonyl (C=O) groups is 2. The van der Waals surface area contributed by atoms with Gasteiger partial charge in [-0.1, -0.05) is 140 Å². The third kappa shape index (κ3) is 4.76. The van der Waals surface area contributed by atoms with E-state index in [9.17, 15) is 9.59 Å². The zero-order valence-electron chi connectivity index (χ0n) is 21.4. The molecule has 38 heavy (non-hydrogen) atoms. The van der Waals surface area contributed by atoms with Crippen LogP contribution in [-0.2, 0) is 15.1 Å². The van der Waals surface area contributed by atoms with Crippen LogP contribution in [0.2, 0.25) is 0 Å². The van der Waals surface area contributed by atoms with Crippen molar-refractivity contribution >= 4 is 17.8 Å². The average molecular weight is 499 g/mol. The number of rotatable bonds is 7. The molecular weight excluding hydrogens is 468 g/mol. The second-order valence-corrected chi connectivity index (χ2v) is 9.79. The van der Waals surface area contributed by atoms with E-state index in [-0.39, 0.29) is 11.8 Å². The second kappa shape index (κ2) is 10.9. The quantitative estimate of drug-likeness (QED) is 0.149. The smallest absolute Gasteiger partial charge is 0.314 e. The molecule has 1 aliphatic heterocycles. The minimum Gasteiger partial charge on any atom is -0.449 e. The molecule has 3 heteroatoms. The molecule has 5 rings (SSSR count). The van der Waals surface area contributed by atoms with E-state index in [0.29, 0.717) is 11.1 Å². The molecule has 1 aliphatic rings. The fourth-order valence-corrected chi connectivity index (χ4v) is 5.56. The average Bonchev–Trinajstić information content (AvgIpc) is 2.97. The van der Waals surface area contributed by atoms with Crippen LogP contribution in [-0.4, -0.2) is 11.8 Å². The zero-order valence-corrected chi connectivity index (χ0v) is 21.4. The molecule has 1 heterocycles. The van der Waals surface area contributed by atoms with Crippen LogP contribution in [0.15, 0.2) is 140 Å². The summed E-state index contributed by atoms with van der Waals surface area (Å²) in [6.45, 7) is 5.99. The summed E-state index contributed by atoms with van der Waals surface area (Å²) < 4.78 is 6.46. The van der Waals surface area contributed by atoms with Gasteiger partial charge in [-0.2, -0.15) is 0 Å². The Morgan fingerprint density at radius 1 is 0.789 bits per heavy atom. The van der Waals surface area contributed by atoms with Crippen LogP contribution in [0.25, 0.3) is 6.08 Å². The largest absolute Gasteiger partial charge is 0.449 e. The molecule has 1 fully saturated rings. The van der Waals surface area contributed by atoms with Crippen molar-refractivity contribution in [2.45, 2.75) is 18.4 Å². The standard InChI is InChI=1S/C35H30O3/c1-25(2)30-31(27-17-9-4-10-18-27)32(33(36)28-19-11-5-12-20-28)35(38-34(30)37,29-21-13-6-14-22-29)24-23-26-15-7-3-8-16-26/h3-24,30-32H,1H2,2H3/b24-23+. The van der Waals surface area contributed by atoms with E-state index >= 15 is 0 Å².